The van der Waals surface area contributed by atoms with Crippen LogP contribution in [0, 0.1) is 17.8 Å². The number of amides is 2. The van der Waals surface area contributed by atoms with Gasteiger partial charge in [-0.05, 0) is 39.5 Å². The van der Waals surface area contributed by atoms with Crippen molar-refractivity contribution >= 4 is 18.0 Å². The monoisotopic (exact) mass is 356 g/mol. The molecular formula is C17H28N2O6. The molecule has 0 saturated heterocycles. The molecule has 2 aliphatic rings. The molecule has 0 spiro atoms. The summed E-state index contributed by atoms with van der Waals surface area (Å²) in [5.41, 5.74) is -1.90. The van der Waals surface area contributed by atoms with Crippen molar-refractivity contribution in [2.75, 3.05) is 13.2 Å². The van der Waals surface area contributed by atoms with Crippen LogP contribution in [0.3, 0.4) is 0 Å². The fraction of sp³-hybridized carbons (Fsp3) is 0.824. The number of alkyl carbamates (subject to hydrolysis) is 1. The van der Waals surface area contributed by atoms with E-state index < -0.39 is 35.2 Å². The highest BCUT2D eigenvalue weighted by Crippen LogP contribution is 2.62. The van der Waals surface area contributed by atoms with Crippen molar-refractivity contribution in [3.8, 4) is 0 Å². The fourth-order valence-corrected chi connectivity index (χ4v) is 3.89. The molecule has 2 saturated carbocycles. The van der Waals surface area contributed by atoms with E-state index in [1.807, 2.05) is 6.92 Å². The van der Waals surface area contributed by atoms with Crippen LogP contribution in [-0.2, 0) is 19.1 Å². The Labute approximate surface area is 147 Å². The third-order valence-electron chi connectivity index (χ3n) is 4.79. The summed E-state index contributed by atoms with van der Waals surface area (Å²) >= 11 is 0. The van der Waals surface area contributed by atoms with E-state index >= 15 is 0 Å². The van der Waals surface area contributed by atoms with Gasteiger partial charge in [-0.1, -0.05) is 6.92 Å². The van der Waals surface area contributed by atoms with Gasteiger partial charge < -0.3 is 25.2 Å². The van der Waals surface area contributed by atoms with Crippen molar-refractivity contribution in [1.82, 2.24) is 10.6 Å². The van der Waals surface area contributed by atoms with Crippen molar-refractivity contribution in [1.29, 1.82) is 0 Å². The first-order valence-corrected chi connectivity index (χ1v) is 8.65. The Kier molecular flexibility index (Phi) is 5.32. The highest BCUT2D eigenvalue weighted by molar-refractivity contribution is 5.91. The van der Waals surface area contributed by atoms with Gasteiger partial charge in [0.05, 0.1) is 12.7 Å². The molecule has 0 unspecified atom stereocenters. The van der Waals surface area contributed by atoms with Gasteiger partial charge in [-0.25, -0.2) is 9.59 Å². The number of ether oxygens (including phenoxy) is 2. The fourth-order valence-electron chi connectivity index (χ4n) is 3.89. The van der Waals surface area contributed by atoms with E-state index in [0.29, 0.717) is 0 Å². The summed E-state index contributed by atoms with van der Waals surface area (Å²) in [6.45, 7) is 8.66. The van der Waals surface area contributed by atoms with Crippen LogP contribution in [0.1, 0.15) is 41.0 Å². The Morgan fingerprint density at radius 3 is 2.40 bits per heavy atom. The Hall–Kier alpha value is -1.83. The number of rotatable bonds is 5. The smallest absolute Gasteiger partial charge is 0.408 e. The van der Waals surface area contributed by atoms with E-state index in [4.69, 9.17) is 9.47 Å². The summed E-state index contributed by atoms with van der Waals surface area (Å²) in [7, 11) is 0. The number of hydrogen-bond acceptors (Lipinski definition) is 6. The maximum Gasteiger partial charge on any atom is 0.408 e. The summed E-state index contributed by atoms with van der Waals surface area (Å²) in [6, 6.07) is 0. The van der Waals surface area contributed by atoms with Crippen molar-refractivity contribution < 1.29 is 29.0 Å². The minimum absolute atomic E-state index is 0.0106. The Balaban J connectivity index is 2.00. The molecule has 25 heavy (non-hydrogen) atoms. The summed E-state index contributed by atoms with van der Waals surface area (Å²) in [6.07, 6.45) is -1.23. The summed E-state index contributed by atoms with van der Waals surface area (Å²) in [5, 5.41) is 15.2. The topological polar surface area (TPSA) is 114 Å². The third kappa shape index (κ3) is 4.05. The second kappa shape index (κ2) is 6.82. The van der Waals surface area contributed by atoms with E-state index in [9.17, 15) is 19.5 Å². The first-order chi connectivity index (χ1) is 11.5. The number of esters is 1. The standard InChI is InChI=1S/C17H28N2O6/c1-6-24-14(22)17(7-10(20)12-9(2)13(12)17)19-11(21)8-18-15(23)25-16(3,4)5/h9-10,12-13,20H,6-8H2,1-5H3,(H,18,23)(H,19,21)/t9-,10-,12+,13+,17-/m0/s1. The second-order valence-electron chi connectivity index (χ2n) is 7.83. The molecule has 0 aromatic carbocycles. The van der Waals surface area contributed by atoms with E-state index in [0.717, 1.165) is 0 Å². The third-order valence-corrected chi connectivity index (χ3v) is 4.79. The van der Waals surface area contributed by atoms with Crippen LogP contribution in [0.5, 0.6) is 0 Å². The molecule has 0 aromatic rings. The molecule has 8 nitrogen and oxygen atoms in total. The number of nitrogens with one attached hydrogen (secondary N) is 2. The van der Waals surface area contributed by atoms with Gasteiger partial charge in [0, 0.05) is 12.3 Å². The molecule has 0 bridgehead atoms. The maximum atomic E-state index is 12.5. The summed E-state index contributed by atoms with van der Waals surface area (Å²) in [4.78, 5) is 36.4. The molecule has 0 aromatic heterocycles. The lowest BCUT2D eigenvalue weighted by molar-refractivity contribution is -0.155. The van der Waals surface area contributed by atoms with Crippen LogP contribution in [0.25, 0.3) is 0 Å². The second-order valence-corrected chi connectivity index (χ2v) is 7.83. The van der Waals surface area contributed by atoms with E-state index in [1.165, 1.54) is 0 Å². The molecule has 2 aliphatic carbocycles. The van der Waals surface area contributed by atoms with Crippen LogP contribution in [-0.4, -0.2) is 53.5 Å². The number of hydrogen-bond donors (Lipinski definition) is 3. The molecule has 0 radical (unpaired) electrons. The number of fused-ring (bicyclic) bond motifs is 1. The largest absolute Gasteiger partial charge is 0.464 e. The van der Waals surface area contributed by atoms with Crippen molar-refractivity contribution in [3.05, 3.63) is 0 Å². The average molecular weight is 356 g/mol. The molecule has 8 heteroatoms. The first kappa shape index (κ1) is 19.5. The van der Waals surface area contributed by atoms with Crippen molar-refractivity contribution in [3.63, 3.8) is 0 Å². The summed E-state index contributed by atoms with van der Waals surface area (Å²) < 4.78 is 10.2. The number of carbonyl (C=O) groups excluding carboxylic acids is 3. The highest BCUT2D eigenvalue weighted by atomic mass is 16.6. The lowest BCUT2D eigenvalue weighted by Crippen LogP contribution is -2.58. The van der Waals surface area contributed by atoms with Crippen LogP contribution in [0.2, 0.25) is 0 Å². The van der Waals surface area contributed by atoms with Crippen LogP contribution >= 0.6 is 0 Å². The molecule has 2 rings (SSSR count). The highest BCUT2D eigenvalue weighted by Gasteiger charge is 2.71. The minimum Gasteiger partial charge on any atom is -0.464 e. The molecule has 0 heterocycles. The maximum absolute atomic E-state index is 12.5. The number of aliphatic hydroxyl groups is 1. The van der Waals surface area contributed by atoms with E-state index in [2.05, 4.69) is 10.6 Å². The summed E-state index contributed by atoms with van der Waals surface area (Å²) in [5.74, 6) is -1.08. The predicted molar refractivity (Wildman–Crippen MR) is 88.5 cm³/mol. The quantitative estimate of drug-likeness (QED) is 0.621. The SMILES string of the molecule is CCOC(=O)[C@]1(NC(=O)CNC(=O)OC(C)(C)C)C[C@H](O)[C@H]2[C@H](C)[C@H]21. The first-order valence-electron chi connectivity index (χ1n) is 8.65. The molecular weight excluding hydrogens is 328 g/mol. The number of aliphatic hydroxyl groups excluding tert-OH is 1. The Morgan fingerprint density at radius 1 is 1.28 bits per heavy atom. The molecule has 3 N–H and O–H groups in total. The zero-order valence-electron chi connectivity index (χ0n) is 15.4. The number of carbonyl (C=O) groups is 3. The van der Waals surface area contributed by atoms with Gasteiger partial charge >= 0.3 is 12.1 Å². The van der Waals surface area contributed by atoms with Crippen LogP contribution in [0.15, 0.2) is 0 Å². The van der Waals surface area contributed by atoms with Crippen molar-refractivity contribution in [2.24, 2.45) is 17.8 Å². The van der Waals surface area contributed by atoms with Gasteiger partial charge in [0.1, 0.15) is 17.7 Å². The van der Waals surface area contributed by atoms with E-state index in [-0.39, 0.29) is 37.3 Å². The Bertz CT molecular complexity index is 558. The molecule has 142 valence electrons. The van der Waals surface area contributed by atoms with Gasteiger partial charge in [0.25, 0.3) is 0 Å². The normalized spacial score (nSPS) is 33.2. The lowest BCUT2D eigenvalue weighted by atomic mass is 9.89. The van der Waals surface area contributed by atoms with Gasteiger partial charge in [-0.3, -0.25) is 4.79 Å². The molecule has 0 aliphatic heterocycles. The minimum atomic E-state index is -1.23. The zero-order valence-corrected chi connectivity index (χ0v) is 15.4. The predicted octanol–water partition coefficient (Wildman–Crippen LogP) is 0.576. The molecule has 2 fully saturated rings. The average Bonchev–Trinajstić information content (AvgIpc) is 3.04. The zero-order chi connectivity index (χ0) is 19.0. The molecule has 2 amide bonds. The van der Waals surface area contributed by atoms with Gasteiger partial charge in [-0.2, -0.15) is 0 Å². The van der Waals surface area contributed by atoms with Gasteiger partial charge in [0.15, 0.2) is 0 Å². The lowest BCUT2D eigenvalue weighted by Gasteiger charge is -2.31. The van der Waals surface area contributed by atoms with Gasteiger partial charge in [-0.15, -0.1) is 0 Å². The Morgan fingerprint density at radius 2 is 1.92 bits per heavy atom. The molecule has 5 atom stereocenters. The van der Waals surface area contributed by atoms with Crippen molar-refractivity contribution in [2.45, 2.75) is 58.3 Å². The van der Waals surface area contributed by atoms with Crippen LogP contribution in [0.4, 0.5) is 4.79 Å². The van der Waals surface area contributed by atoms with E-state index in [1.54, 1.807) is 27.7 Å². The van der Waals surface area contributed by atoms with Crippen LogP contribution < -0.4 is 10.6 Å². The van der Waals surface area contributed by atoms with Gasteiger partial charge in [0.2, 0.25) is 5.91 Å².